The molecule has 48 heavy (non-hydrogen) atoms. The van der Waals surface area contributed by atoms with Gasteiger partial charge in [-0.15, -0.1) is 0 Å². The molecule has 0 aromatic carbocycles. The Labute approximate surface area is 281 Å². The SMILES string of the molecule is C=C(Br)C(=O)Nc1cc(C(=O)Nc2cn(C)c(C(=O)Nc3cc(C(=O)Nc4cc(C(=O)NCCC(N)=NO)n(C)c4)n(C)c3)n2)n(C)n1. The molecule has 0 saturated heterocycles. The lowest BCUT2D eigenvalue weighted by Gasteiger charge is -2.04. The molecule has 4 aromatic rings. The molecule has 0 bridgehead atoms. The van der Waals surface area contributed by atoms with Gasteiger partial charge in [-0.1, -0.05) is 11.7 Å². The number of rotatable bonds is 12. The molecule has 0 unspecified atom stereocenters. The topological polar surface area (TPSA) is 250 Å². The summed E-state index contributed by atoms with van der Waals surface area (Å²) in [5.41, 5.74) is 6.66. The van der Waals surface area contributed by atoms with Gasteiger partial charge in [0.15, 0.2) is 11.6 Å². The van der Waals surface area contributed by atoms with Gasteiger partial charge in [-0.3, -0.25) is 28.7 Å². The fourth-order valence-electron chi connectivity index (χ4n) is 4.39. The zero-order valence-corrected chi connectivity index (χ0v) is 27.7. The van der Waals surface area contributed by atoms with Crippen LogP contribution in [-0.2, 0) is 33.0 Å². The average Bonchev–Trinajstić information content (AvgIpc) is 3.78. The lowest BCUT2D eigenvalue weighted by atomic mass is 10.3. The molecule has 0 spiro atoms. The van der Waals surface area contributed by atoms with Gasteiger partial charge in [0.1, 0.15) is 22.9 Å². The predicted octanol–water partition coefficient (Wildman–Crippen LogP) is 1.30. The van der Waals surface area contributed by atoms with Crippen molar-refractivity contribution in [2.45, 2.75) is 6.42 Å². The Kier molecular flexibility index (Phi) is 10.5. The van der Waals surface area contributed by atoms with Crippen molar-refractivity contribution in [2.75, 3.05) is 27.8 Å². The van der Waals surface area contributed by atoms with E-state index in [1.807, 2.05) is 0 Å². The van der Waals surface area contributed by atoms with Crippen molar-refractivity contribution in [3.63, 3.8) is 0 Å². The third kappa shape index (κ3) is 8.15. The monoisotopic (exact) mass is 725 g/mol. The number of hydrogen-bond acceptors (Lipinski definition) is 9. The number of aryl methyl sites for hydroxylation is 4. The Morgan fingerprint density at radius 3 is 2.00 bits per heavy atom. The summed E-state index contributed by atoms with van der Waals surface area (Å²) in [7, 11) is 6.35. The number of imidazole rings is 1. The molecule has 0 aliphatic heterocycles. The summed E-state index contributed by atoms with van der Waals surface area (Å²) in [4.78, 5) is 67.6. The number of carbonyl (C=O) groups is 5. The fourth-order valence-corrected chi connectivity index (χ4v) is 4.49. The lowest BCUT2D eigenvalue weighted by Crippen LogP contribution is -2.29. The second kappa shape index (κ2) is 14.5. The molecule has 0 radical (unpaired) electrons. The maximum absolute atomic E-state index is 13.1. The zero-order valence-electron chi connectivity index (χ0n) is 26.2. The minimum atomic E-state index is -0.609. The summed E-state index contributed by atoms with van der Waals surface area (Å²) in [6, 6.07) is 4.32. The van der Waals surface area contributed by atoms with Crippen LogP contribution >= 0.6 is 15.9 Å². The van der Waals surface area contributed by atoms with Crippen LogP contribution < -0.4 is 32.3 Å². The van der Waals surface area contributed by atoms with E-state index in [0.717, 1.165) is 0 Å². The number of amides is 5. The number of aromatic nitrogens is 6. The molecule has 20 heteroatoms. The summed E-state index contributed by atoms with van der Waals surface area (Å²) < 4.78 is 5.82. The van der Waals surface area contributed by atoms with E-state index in [0.29, 0.717) is 11.4 Å². The molecule has 0 saturated carbocycles. The summed E-state index contributed by atoms with van der Waals surface area (Å²) in [6.07, 6.45) is 4.70. The first-order valence-electron chi connectivity index (χ1n) is 13.9. The first-order valence-corrected chi connectivity index (χ1v) is 14.7. The van der Waals surface area contributed by atoms with Crippen LogP contribution in [0.3, 0.4) is 0 Å². The summed E-state index contributed by atoms with van der Waals surface area (Å²) in [5, 5.41) is 28.7. The fraction of sp³-hybridized carbons (Fsp3) is 0.214. The second-order valence-corrected chi connectivity index (χ2v) is 11.3. The Morgan fingerprint density at radius 1 is 0.812 bits per heavy atom. The predicted molar refractivity (Wildman–Crippen MR) is 178 cm³/mol. The van der Waals surface area contributed by atoms with Gasteiger partial charge in [-0.25, -0.2) is 4.98 Å². The third-order valence-electron chi connectivity index (χ3n) is 6.71. The number of oxime groups is 1. The number of carbonyl (C=O) groups excluding carboxylic acids is 5. The van der Waals surface area contributed by atoms with Crippen molar-refractivity contribution >= 4 is 74.3 Å². The second-order valence-electron chi connectivity index (χ2n) is 10.4. The molecule has 252 valence electrons. The molecule has 0 aliphatic rings. The van der Waals surface area contributed by atoms with Crippen LogP contribution in [0.5, 0.6) is 0 Å². The largest absolute Gasteiger partial charge is 0.409 e. The van der Waals surface area contributed by atoms with E-state index in [1.165, 1.54) is 56.0 Å². The molecule has 19 nitrogen and oxygen atoms in total. The van der Waals surface area contributed by atoms with Gasteiger partial charge in [-0.05, 0) is 28.1 Å². The molecule has 4 aromatic heterocycles. The highest BCUT2D eigenvalue weighted by molar-refractivity contribution is 9.12. The number of hydrogen-bond donors (Lipinski definition) is 7. The van der Waals surface area contributed by atoms with Crippen molar-refractivity contribution in [1.29, 1.82) is 0 Å². The van der Waals surface area contributed by atoms with Crippen molar-refractivity contribution in [2.24, 2.45) is 39.1 Å². The zero-order chi connectivity index (χ0) is 35.3. The van der Waals surface area contributed by atoms with Crippen molar-refractivity contribution in [3.05, 3.63) is 70.8 Å². The van der Waals surface area contributed by atoms with Crippen molar-refractivity contribution < 1.29 is 29.2 Å². The van der Waals surface area contributed by atoms with Gasteiger partial charge < -0.3 is 51.2 Å². The van der Waals surface area contributed by atoms with Crippen molar-refractivity contribution in [1.82, 2.24) is 33.8 Å². The van der Waals surface area contributed by atoms with E-state index in [-0.39, 0.29) is 57.8 Å². The Balaban J connectivity index is 1.38. The highest BCUT2D eigenvalue weighted by Gasteiger charge is 2.21. The van der Waals surface area contributed by atoms with Crippen LogP contribution in [0.1, 0.15) is 48.5 Å². The van der Waals surface area contributed by atoms with Crippen LogP contribution in [0.15, 0.2) is 53.0 Å². The quantitative estimate of drug-likeness (QED) is 0.0365. The Morgan fingerprint density at radius 2 is 1.40 bits per heavy atom. The molecule has 0 fully saturated rings. The number of nitrogens with two attached hydrogens (primary N) is 1. The normalized spacial score (nSPS) is 11.1. The molecule has 5 amide bonds. The molecular weight excluding hydrogens is 694 g/mol. The van der Waals surface area contributed by atoms with Gasteiger partial charge in [0.25, 0.3) is 29.5 Å². The molecule has 4 rings (SSSR count). The minimum absolute atomic E-state index is 0.0230. The van der Waals surface area contributed by atoms with Crippen LogP contribution in [-0.4, -0.2) is 75.6 Å². The number of nitrogens with one attached hydrogen (secondary N) is 5. The van der Waals surface area contributed by atoms with Crippen LogP contribution in [0, 0.1) is 0 Å². The number of amidine groups is 1. The Bertz CT molecular complexity index is 1960. The molecular formula is C28H32BrN13O6. The van der Waals surface area contributed by atoms with E-state index in [4.69, 9.17) is 10.9 Å². The lowest BCUT2D eigenvalue weighted by molar-refractivity contribution is -0.112. The van der Waals surface area contributed by atoms with E-state index in [1.54, 1.807) is 27.3 Å². The number of nitrogens with zero attached hydrogens (tertiary/aromatic N) is 7. The van der Waals surface area contributed by atoms with Crippen LogP contribution in [0.2, 0.25) is 0 Å². The van der Waals surface area contributed by atoms with E-state index >= 15 is 0 Å². The first-order chi connectivity index (χ1) is 22.7. The van der Waals surface area contributed by atoms with E-state index in [2.05, 4.69) is 64.3 Å². The average molecular weight is 727 g/mol. The molecule has 4 heterocycles. The van der Waals surface area contributed by atoms with E-state index < -0.39 is 29.5 Å². The van der Waals surface area contributed by atoms with Gasteiger partial charge in [-0.2, -0.15) is 5.10 Å². The van der Waals surface area contributed by atoms with Gasteiger partial charge in [0, 0.05) is 65.8 Å². The highest BCUT2D eigenvalue weighted by Crippen LogP contribution is 2.19. The van der Waals surface area contributed by atoms with Gasteiger partial charge >= 0.3 is 0 Å². The smallest absolute Gasteiger partial charge is 0.291 e. The minimum Gasteiger partial charge on any atom is -0.409 e. The standard InChI is InChI=1S/C28H32BrN13O6/c1-14(29)24(43)35-21-10-19(42(5)37-21)27(46)36-22-13-41(4)23(34-22)28(47)33-16-9-18(40(3)12-16)26(45)32-15-8-17(39(2)11-15)25(44)31-7-6-20(30)38-48/h8-13,48H,1,6-7H2,2-5H3,(H2,30,38)(H,31,44)(H,32,45)(H,33,47)(H,36,46)(H,35,37,43). The van der Waals surface area contributed by atoms with Gasteiger partial charge in [0.05, 0.1) is 15.9 Å². The maximum Gasteiger partial charge on any atom is 0.291 e. The van der Waals surface area contributed by atoms with Crippen LogP contribution in [0.4, 0.5) is 23.0 Å². The van der Waals surface area contributed by atoms with Crippen molar-refractivity contribution in [3.8, 4) is 0 Å². The van der Waals surface area contributed by atoms with E-state index in [9.17, 15) is 24.0 Å². The first kappa shape index (κ1) is 34.7. The highest BCUT2D eigenvalue weighted by atomic mass is 79.9. The summed E-state index contributed by atoms with van der Waals surface area (Å²) in [6.45, 7) is 3.63. The molecule has 8 N–H and O–H groups in total. The Hall–Kier alpha value is -6.18. The maximum atomic E-state index is 13.1. The third-order valence-corrected chi connectivity index (χ3v) is 7.07. The molecule has 0 atom stereocenters. The molecule has 0 aliphatic carbocycles. The van der Waals surface area contributed by atoms with Gasteiger partial charge in [0.2, 0.25) is 5.82 Å². The summed E-state index contributed by atoms with van der Waals surface area (Å²) >= 11 is 2.97. The number of halogens is 1. The summed E-state index contributed by atoms with van der Waals surface area (Å²) in [5.74, 6) is -2.47. The van der Waals surface area contributed by atoms with Crippen LogP contribution in [0.25, 0.3) is 0 Å². The number of anilines is 4.